The van der Waals surface area contributed by atoms with Gasteiger partial charge in [-0.1, -0.05) is 19.1 Å². The molecular weight excluding hydrogens is 274 g/mol. The summed E-state index contributed by atoms with van der Waals surface area (Å²) in [5.74, 6) is 0.748. The molecule has 0 heterocycles. The first-order valence-corrected chi connectivity index (χ1v) is 8.56. The summed E-state index contributed by atoms with van der Waals surface area (Å²) in [4.78, 5) is 0. The zero-order valence-corrected chi connectivity index (χ0v) is 13.6. The average Bonchev–Trinajstić information content (AvgIpc) is 2.35. The molecule has 4 nitrogen and oxygen atoms in total. The SMILES string of the molecule is CCNCc1cccc(OCCS(=O)(=O)C(C)(C)C)c1. The molecule has 0 bridgehead atoms. The van der Waals surface area contributed by atoms with Crippen LogP contribution in [0.1, 0.15) is 33.3 Å². The van der Waals surface area contributed by atoms with Gasteiger partial charge in [-0.15, -0.1) is 0 Å². The zero-order chi connectivity index (χ0) is 15.2. The molecule has 0 aliphatic rings. The Balaban J connectivity index is 2.54. The monoisotopic (exact) mass is 299 g/mol. The molecule has 1 rings (SSSR count). The first-order chi connectivity index (χ1) is 9.26. The van der Waals surface area contributed by atoms with Gasteiger partial charge >= 0.3 is 0 Å². The summed E-state index contributed by atoms with van der Waals surface area (Å²) in [7, 11) is -3.13. The van der Waals surface area contributed by atoms with Gasteiger partial charge in [0, 0.05) is 6.54 Å². The molecule has 0 spiro atoms. The third-order valence-electron chi connectivity index (χ3n) is 3.03. The summed E-state index contributed by atoms with van der Waals surface area (Å²) in [5.41, 5.74) is 1.13. The summed E-state index contributed by atoms with van der Waals surface area (Å²) in [5, 5.41) is 3.24. The number of benzene rings is 1. The Kier molecular flexibility index (Phi) is 6.02. The van der Waals surface area contributed by atoms with Crippen molar-refractivity contribution < 1.29 is 13.2 Å². The first-order valence-electron chi connectivity index (χ1n) is 6.91. The molecule has 0 amide bonds. The van der Waals surface area contributed by atoms with E-state index in [0.717, 1.165) is 18.7 Å². The van der Waals surface area contributed by atoms with Crippen molar-refractivity contribution in [3.8, 4) is 5.75 Å². The summed E-state index contributed by atoms with van der Waals surface area (Å²) < 4.78 is 28.7. The summed E-state index contributed by atoms with van der Waals surface area (Å²) >= 11 is 0. The fraction of sp³-hybridized carbons (Fsp3) is 0.600. The highest BCUT2D eigenvalue weighted by molar-refractivity contribution is 7.92. The minimum Gasteiger partial charge on any atom is -0.493 e. The summed E-state index contributed by atoms with van der Waals surface area (Å²) in [6, 6.07) is 7.72. The highest BCUT2D eigenvalue weighted by Gasteiger charge is 2.28. The Labute approximate surface area is 122 Å². The van der Waals surface area contributed by atoms with Gasteiger partial charge in [0.1, 0.15) is 12.4 Å². The Morgan fingerprint density at radius 2 is 1.95 bits per heavy atom. The fourth-order valence-electron chi connectivity index (χ4n) is 1.59. The lowest BCUT2D eigenvalue weighted by atomic mass is 10.2. The average molecular weight is 299 g/mol. The number of sulfone groups is 1. The van der Waals surface area contributed by atoms with E-state index < -0.39 is 14.6 Å². The van der Waals surface area contributed by atoms with E-state index in [-0.39, 0.29) is 12.4 Å². The Bertz CT molecular complexity index is 518. The maximum Gasteiger partial charge on any atom is 0.158 e. The second kappa shape index (κ2) is 7.09. The molecule has 0 unspecified atom stereocenters. The van der Waals surface area contributed by atoms with Crippen LogP contribution in [0.3, 0.4) is 0 Å². The molecule has 0 radical (unpaired) electrons. The number of rotatable bonds is 7. The summed E-state index contributed by atoms with van der Waals surface area (Å²) in [6.07, 6.45) is 0. The summed E-state index contributed by atoms with van der Waals surface area (Å²) in [6.45, 7) is 9.06. The largest absolute Gasteiger partial charge is 0.493 e. The van der Waals surface area contributed by atoms with Gasteiger partial charge in [-0.3, -0.25) is 0 Å². The minimum absolute atomic E-state index is 0.0357. The van der Waals surface area contributed by atoms with Crippen molar-refractivity contribution in [1.29, 1.82) is 0 Å². The van der Waals surface area contributed by atoms with E-state index in [1.54, 1.807) is 20.8 Å². The standard InChI is InChI=1S/C15H25NO3S/c1-5-16-12-13-7-6-8-14(11-13)19-9-10-20(17,18)15(2,3)4/h6-8,11,16H,5,9-10,12H2,1-4H3. The predicted molar refractivity (Wildman–Crippen MR) is 82.9 cm³/mol. The molecule has 0 saturated carbocycles. The molecule has 114 valence electrons. The predicted octanol–water partition coefficient (Wildman–Crippen LogP) is 2.39. The van der Waals surface area contributed by atoms with Crippen LogP contribution in [0, 0.1) is 0 Å². The first kappa shape index (κ1) is 17.0. The number of hydrogen-bond acceptors (Lipinski definition) is 4. The molecular formula is C15H25NO3S. The van der Waals surface area contributed by atoms with E-state index in [9.17, 15) is 8.42 Å². The van der Waals surface area contributed by atoms with Crippen molar-refractivity contribution in [3.63, 3.8) is 0 Å². The van der Waals surface area contributed by atoms with Gasteiger partial charge in [0.25, 0.3) is 0 Å². The zero-order valence-electron chi connectivity index (χ0n) is 12.8. The van der Waals surface area contributed by atoms with E-state index in [1.165, 1.54) is 0 Å². The quantitative estimate of drug-likeness (QED) is 0.840. The highest BCUT2D eigenvalue weighted by atomic mass is 32.2. The maximum absolute atomic E-state index is 12.0. The lowest BCUT2D eigenvalue weighted by molar-refractivity contribution is 0.339. The van der Waals surface area contributed by atoms with Crippen LogP contribution in [-0.4, -0.2) is 32.1 Å². The molecule has 0 saturated heterocycles. The van der Waals surface area contributed by atoms with Crippen molar-refractivity contribution in [2.24, 2.45) is 0 Å². The number of nitrogens with one attached hydrogen (secondary N) is 1. The van der Waals surface area contributed by atoms with Gasteiger partial charge in [-0.05, 0) is 45.0 Å². The van der Waals surface area contributed by atoms with Crippen LogP contribution in [0.2, 0.25) is 0 Å². The molecule has 0 aliphatic carbocycles. The smallest absolute Gasteiger partial charge is 0.158 e. The lowest BCUT2D eigenvalue weighted by Crippen LogP contribution is -2.32. The van der Waals surface area contributed by atoms with E-state index in [4.69, 9.17) is 4.74 Å². The van der Waals surface area contributed by atoms with Crippen molar-refractivity contribution >= 4 is 9.84 Å². The van der Waals surface area contributed by atoms with Crippen molar-refractivity contribution in [1.82, 2.24) is 5.32 Å². The maximum atomic E-state index is 12.0. The fourth-order valence-corrected chi connectivity index (χ4v) is 2.51. The molecule has 20 heavy (non-hydrogen) atoms. The molecule has 0 aromatic heterocycles. The van der Waals surface area contributed by atoms with E-state index >= 15 is 0 Å². The van der Waals surface area contributed by atoms with Gasteiger partial charge in [0.15, 0.2) is 9.84 Å². The molecule has 0 aliphatic heterocycles. The van der Waals surface area contributed by atoms with Gasteiger partial charge in [0.05, 0.1) is 10.5 Å². The van der Waals surface area contributed by atoms with Crippen LogP contribution in [-0.2, 0) is 16.4 Å². The van der Waals surface area contributed by atoms with Gasteiger partial charge < -0.3 is 10.1 Å². The van der Waals surface area contributed by atoms with Crippen LogP contribution in [0.25, 0.3) is 0 Å². The molecule has 0 fully saturated rings. The number of ether oxygens (including phenoxy) is 1. The Morgan fingerprint density at radius 1 is 1.25 bits per heavy atom. The van der Waals surface area contributed by atoms with Gasteiger partial charge in [0.2, 0.25) is 0 Å². The van der Waals surface area contributed by atoms with E-state index in [1.807, 2.05) is 24.3 Å². The molecule has 1 aromatic carbocycles. The van der Waals surface area contributed by atoms with Crippen LogP contribution in [0.5, 0.6) is 5.75 Å². The third-order valence-corrected chi connectivity index (χ3v) is 5.60. The molecule has 0 atom stereocenters. The number of hydrogen-bond donors (Lipinski definition) is 1. The van der Waals surface area contributed by atoms with Crippen LogP contribution >= 0.6 is 0 Å². The topological polar surface area (TPSA) is 55.4 Å². The van der Waals surface area contributed by atoms with Gasteiger partial charge in [-0.2, -0.15) is 0 Å². The van der Waals surface area contributed by atoms with E-state index in [2.05, 4.69) is 12.2 Å². The molecule has 5 heteroatoms. The Morgan fingerprint density at radius 3 is 2.55 bits per heavy atom. The lowest BCUT2D eigenvalue weighted by Gasteiger charge is -2.19. The van der Waals surface area contributed by atoms with E-state index in [0.29, 0.717) is 5.75 Å². The van der Waals surface area contributed by atoms with Gasteiger partial charge in [-0.25, -0.2) is 8.42 Å². The molecule has 1 N–H and O–H groups in total. The molecule has 1 aromatic rings. The minimum atomic E-state index is -3.13. The van der Waals surface area contributed by atoms with Crippen molar-refractivity contribution in [2.45, 2.75) is 39.0 Å². The second-order valence-electron chi connectivity index (χ2n) is 5.71. The normalized spacial score (nSPS) is 12.4. The van der Waals surface area contributed by atoms with Crippen molar-refractivity contribution in [2.75, 3.05) is 18.9 Å². The third kappa shape index (κ3) is 5.13. The van der Waals surface area contributed by atoms with Crippen LogP contribution < -0.4 is 10.1 Å². The highest BCUT2D eigenvalue weighted by Crippen LogP contribution is 2.17. The second-order valence-corrected chi connectivity index (χ2v) is 8.57. The van der Waals surface area contributed by atoms with Crippen molar-refractivity contribution in [3.05, 3.63) is 29.8 Å². The van der Waals surface area contributed by atoms with Crippen LogP contribution in [0.4, 0.5) is 0 Å². The Hall–Kier alpha value is -1.07. The van der Waals surface area contributed by atoms with Crippen LogP contribution in [0.15, 0.2) is 24.3 Å².